The van der Waals surface area contributed by atoms with Gasteiger partial charge in [0.1, 0.15) is 5.75 Å². The monoisotopic (exact) mass is 613 g/mol. The number of hydrogen-bond donors (Lipinski definition) is 0. The molecule has 3 aromatic carbocycles. The van der Waals surface area contributed by atoms with Gasteiger partial charge in [0.05, 0.1) is 35.6 Å². The molecule has 1 atom stereocenters. The minimum atomic E-state index is -0.712. The fourth-order valence-electron chi connectivity index (χ4n) is 5.29. The second-order valence-corrected chi connectivity index (χ2v) is 11.7. The van der Waals surface area contributed by atoms with E-state index in [1.54, 1.807) is 30.4 Å². The van der Waals surface area contributed by atoms with Crippen molar-refractivity contribution in [3.63, 3.8) is 0 Å². The smallest absolute Gasteiger partial charge is 0.338 e. The molecule has 2 heterocycles. The summed E-state index contributed by atoms with van der Waals surface area (Å²) < 4.78 is 13.4. The molecule has 9 heteroatoms. The minimum Gasteiger partial charge on any atom is -0.496 e. The summed E-state index contributed by atoms with van der Waals surface area (Å²) in [5.41, 5.74) is 4.04. The lowest BCUT2D eigenvalue weighted by atomic mass is 9.93. The van der Waals surface area contributed by atoms with Crippen molar-refractivity contribution >= 4 is 46.5 Å². The molecule has 0 bridgehead atoms. The molecule has 1 aliphatic rings. The van der Waals surface area contributed by atoms with E-state index >= 15 is 0 Å². The van der Waals surface area contributed by atoms with Crippen molar-refractivity contribution in [3.8, 4) is 5.75 Å². The Hall–Kier alpha value is -4.08. The first kappa shape index (κ1) is 30.4. The Morgan fingerprint density at radius 2 is 1.77 bits per heavy atom. The number of carbonyl (C=O) groups excluding carboxylic acids is 1. The quantitative estimate of drug-likeness (QED) is 0.174. The topological polar surface area (TPSA) is 73.1 Å². The van der Waals surface area contributed by atoms with Gasteiger partial charge in [0.2, 0.25) is 0 Å². The van der Waals surface area contributed by atoms with Gasteiger partial charge >= 0.3 is 5.97 Å². The van der Waals surface area contributed by atoms with Gasteiger partial charge in [0.25, 0.3) is 5.56 Å². The highest BCUT2D eigenvalue weighted by atomic mass is 32.2. The first-order chi connectivity index (χ1) is 20.9. The van der Waals surface area contributed by atoms with Crippen LogP contribution in [0.2, 0.25) is 0 Å². The molecule has 43 heavy (non-hydrogen) atoms. The molecule has 0 saturated carbocycles. The number of fused-ring (bicyclic) bond motifs is 1. The van der Waals surface area contributed by atoms with E-state index in [-0.39, 0.29) is 12.2 Å². The summed E-state index contributed by atoms with van der Waals surface area (Å²) >= 11 is 2.93. The number of thioether (sulfide) groups is 1. The maximum atomic E-state index is 14.2. The highest BCUT2D eigenvalue weighted by molar-refractivity contribution is 7.98. The van der Waals surface area contributed by atoms with Crippen molar-refractivity contribution in [2.75, 3.05) is 38.0 Å². The zero-order valence-electron chi connectivity index (χ0n) is 25.0. The van der Waals surface area contributed by atoms with E-state index in [9.17, 15) is 9.59 Å². The van der Waals surface area contributed by atoms with Crippen LogP contribution < -0.4 is 24.5 Å². The normalized spacial score (nSPS) is 14.7. The Kier molecular flexibility index (Phi) is 9.52. The summed E-state index contributed by atoms with van der Waals surface area (Å²) in [6.45, 7) is 7.96. The maximum absolute atomic E-state index is 14.2. The largest absolute Gasteiger partial charge is 0.496 e. The maximum Gasteiger partial charge on any atom is 0.338 e. The number of rotatable bonds is 10. The second-order valence-electron chi connectivity index (χ2n) is 9.80. The van der Waals surface area contributed by atoms with Crippen LogP contribution in [-0.4, -0.2) is 43.6 Å². The summed E-state index contributed by atoms with van der Waals surface area (Å²) in [6.07, 6.45) is 3.86. The van der Waals surface area contributed by atoms with Crippen LogP contribution in [0, 0.1) is 0 Å². The van der Waals surface area contributed by atoms with Crippen LogP contribution in [0.15, 0.2) is 93.1 Å². The Morgan fingerprint density at radius 3 is 2.40 bits per heavy atom. The molecule has 0 radical (unpaired) electrons. The van der Waals surface area contributed by atoms with Crippen molar-refractivity contribution in [2.45, 2.75) is 31.7 Å². The van der Waals surface area contributed by atoms with Gasteiger partial charge in [-0.05, 0) is 62.9 Å². The third-order valence-electron chi connectivity index (χ3n) is 7.44. The Labute approximate surface area is 259 Å². The number of nitrogens with zero attached hydrogens (tertiary/aromatic N) is 3. The summed E-state index contributed by atoms with van der Waals surface area (Å²) in [4.78, 5) is 36.6. The van der Waals surface area contributed by atoms with Crippen LogP contribution in [0.3, 0.4) is 0 Å². The van der Waals surface area contributed by atoms with Crippen LogP contribution in [0.4, 0.5) is 5.69 Å². The Bertz CT molecular complexity index is 1820. The molecule has 0 fully saturated rings. The van der Waals surface area contributed by atoms with Crippen molar-refractivity contribution in [1.82, 2.24) is 4.57 Å². The van der Waals surface area contributed by atoms with Crippen molar-refractivity contribution in [2.24, 2.45) is 4.99 Å². The first-order valence-corrected chi connectivity index (χ1v) is 16.3. The molecule has 5 rings (SSSR count). The van der Waals surface area contributed by atoms with E-state index in [0.717, 1.165) is 40.4 Å². The van der Waals surface area contributed by atoms with E-state index in [0.29, 0.717) is 26.4 Å². The van der Waals surface area contributed by atoms with Gasteiger partial charge in [0, 0.05) is 40.9 Å². The zero-order valence-corrected chi connectivity index (χ0v) is 26.6. The highest BCUT2D eigenvalue weighted by Gasteiger charge is 2.35. The van der Waals surface area contributed by atoms with E-state index in [4.69, 9.17) is 14.5 Å². The average Bonchev–Trinajstić information content (AvgIpc) is 3.36. The average molecular weight is 614 g/mol. The molecule has 1 aliphatic heterocycles. The number of thiazole rings is 1. The number of benzene rings is 3. The third kappa shape index (κ3) is 6.05. The fourth-order valence-corrected chi connectivity index (χ4v) is 6.69. The lowest BCUT2D eigenvalue weighted by Crippen LogP contribution is -2.40. The first-order valence-electron chi connectivity index (χ1n) is 14.3. The molecule has 0 saturated heterocycles. The minimum absolute atomic E-state index is 0.205. The number of esters is 1. The molecule has 222 valence electrons. The van der Waals surface area contributed by atoms with Gasteiger partial charge in [-0.25, -0.2) is 9.79 Å². The lowest BCUT2D eigenvalue weighted by Gasteiger charge is -2.26. The summed E-state index contributed by atoms with van der Waals surface area (Å²) in [5.74, 6) is 0.184. The van der Waals surface area contributed by atoms with E-state index in [1.165, 1.54) is 11.3 Å². The van der Waals surface area contributed by atoms with Crippen molar-refractivity contribution < 1.29 is 14.3 Å². The molecule has 0 N–H and O–H groups in total. The molecule has 7 nitrogen and oxygen atoms in total. The molecule has 4 aromatic rings. The third-order valence-corrected chi connectivity index (χ3v) is 9.16. The summed E-state index contributed by atoms with van der Waals surface area (Å²) in [7, 11) is 1.64. The zero-order chi connectivity index (χ0) is 30.5. The van der Waals surface area contributed by atoms with E-state index in [2.05, 4.69) is 18.7 Å². The van der Waals surface area contributed by atoms with E-state index < -0.39 is 12.0 Å². The predicted octanol–water partition coefficient (Wildman–Crippen LogP) is 5.51. The van der Waals surface area contributed by atoms with Crippen LogP contribution in [0.1, 0.15) is 43.5 Å². The Morgan fingerprint density at radius 1 is 1.05 bits per heavy atom. The molecule has 1 aromatic heterocycles. The van der Waals surface area contributed by atoms with Gasteiger partial charge < -0.3 is 14.4 Å². The number of anilines is 1. The van der Waals surface area contributed by atoms with Crippen molar-refractivity contribution in [1.29, 1.82) is 0 Å². The second kappa shape index (κ2) is 13.5. The summed E-state index contributed by atoms with van der Waals surface area (Å²) in [6, 6.07) is 22.8. The van der Waals surface area contributed by atoms with Gasteiger partial charge in [-0.1, -0.05) is 53.8 Å². The van der Waals surface area contributed by atoms with Gasteiger partial charge in [-0.15, -0.1) is 11.8 Å². The molecule has 0 amide bonds. The van der Waals surface area contributed by atoms with Crippen LogP contribution >= 0.6 is 23.1 Å². The summed E-state index contributed by atoms with van der Waals surface area (Å²) in [5, 5.41) is 0. The van der Waals surface area contributed by atoms with Gasteiger partial charge in [-0.3, -0.25) is 9.36 Å². The standard InChI is InChI=1S/C34H35N3O4S2/c1-6-36(7-2)25-17-14-24(27(21-25)40-4)20-28-32(38)37-31(23-15-18-26(42-5)19-16-23)29(33(39)41-8-3)30(35-34(37)43-28)22-12-10-9-11-13-22/h9-21,31H,6-8H2,1-5H3/b28-20-/t31-/m0/s1. The number of ether oxygens (including phenoxy) is 2. The number of methoxy groups -OCH3 is 1. The fraction of sp³-hybridized carbons (Fsp3) is 0.265. The molecular formula is C34H35N3O4S2. The molecular weight excluding hydrogens is 579 g/mol. The Balaban J connectivity index is 1.77. The van der Waals surface area contributed by atoms with Crippen LogP contribution in [0.5, 0.6) is 5.75 Å². The molecule has 0 unspecified atom stereocenters. The predicted molar refractivity (Wildman–Crippen MR) is 176 cm³/mol. The highest BCUT2D eigenvalue weighted by Crippen LogP contribution is 2.36. The van der Waals surface area contributed by atoms with Gasteiger partial charge in [-0.2, -0.15) is 0 Å². The number of carbonyl (C=O) groups is 1. The number of aromatic nitrogens is 1. The van der Waals surface area contributed by atoms with Gasteiger partial charge in [0.15, 0.2) is 4.80 Å². The molecule has 0 aliphatic carbocycles. The lowest BCUT2D eigenvalue weighted by molar-refractivity contribution is -0.138. The van der Waals surface area contributed by atoms with E-state index in [1.807, 2.05) is 85.1 Å². The van der Waals surface area contributed by atoms with Crippen LogP contribution in [0.25, 0.3) is 11.8 Å². The number of hydrogen-bond acceptors (Lipinski definition) is 8. The molecule has 0 spiro atoms. The van der Waals surface area contributed by atoms with Crippen LogP contribution in [-0.2, 0) is 9.53 Å². The van der Waals surface area contributed by atoms with Crippen molar-refractivity contribution in [3.05, 3.63) is 115 Å². The SMILES string of the molecule is CCOC(=O)C1=C(c2ccccc2)N=c2s/c(=C\c3ccc(N(CC)CC)cc3OC)c(=O)n2[C@H]1c1ccc(SC)cc1.